The fourth-order valence-electron chi connectivity index (χ4n) is 6.09. The highest BCUT2D eigenvalue weighted by molar-refractivity contribution is 5.94. The Morgan fingerprint density at radius 3 is 2.57 bits per heavy atom. The van der Waals surface area contributed by atoms with E-state index in [1.807, 2.05) is 38.1 Å². The first-order chi connectivity index (χ1) is 18.0. The molecule has 0 bridgehead atoms. The van der Waals surface area contributed by atoms with Crippen LogP contribution in [0.2, 0.25) is 0 Å². The second-order valence-electron chi connectivity index (χ2n) is 10.1. The molecule has 37 heavy (non-hydrogen) atoms. The Bertz CT molecular complexity index is 1260. The van der Waals surface area contributed by atoms with Gasteiger partial charge in [0.25, 0.3) is 5.91 Å². The Labute approximate surface area is 218 Å². The number of carbonyl (C=O) groups excluding carboxylic acids is 1. The molecule has 1 amide bonds. The van der Waals surface area contributed by atoms with Crippen LogP contribution in [0.3, 0.4) is 0 Å². The third-order valence-electron chi connectivity index (χ3n) is 7.76. The third-order valence-corrected chi connectivity index (χ3v) is 7.76. The number of benzene rings is 3. The van der Waals surface area contributed by atoms with Crippen molar-refractivity contribution in [2.45, 2.75) is 51.7 Å². The summed E-state index contributed by atoms with van der Waals surface area (Å²) in [6.07, 6.45) is 3.15. The smallest absolute Gasteiger partial charge is 0.251 e. The van der Waals surface area contributed by atoms with Gasteiger partial charge in [0.2, 0.25) is 0 Å². The maximum absolute atomic E-state index is 13.5. The second kappa shape index (κ2) is 10.9. The summed E-state index contributed by atoms with van der Waals surface area (Å²) in [5, 5.41) is 3.32. The number of nitrogens with zero attached hydrogens (tertiary/aromatic N) is 1. The van der Waals surface area contributed by atoms with Crippen LogP contribution in [0.15, 0.2) is 60.7 Å². The molecule has 5 nitrogen and oxygen atoms in total. The molecule has 2 aliphatic rings. The fourth-order valence-corrected chi connectivity index (χ4v) is 6.09. The number of ether oxygens (including phenoxy) is 2. The predicted molar refractivity (Wildman–Crippen MR) is 144 cm³/mol. The van der Waals surface area contributed by atoms with Gasteiger partial charge in [0.1, 0.15) is 17.3 Å². The van der Waals surface area contributed by atoms with Crippen LogP contribution in [-0.2, 0) is 6.54 Å². The minimum atomic E-state index is -0.272. The molecule has 2 fully saturated rings. The average molecular weight is 503 g/mol. The molecule has 0 aromatic heterocycles. The highest BCUT2D eigenvalue weighted by atomic mass is 19.1. The van der Waals surface area contributed by atoms with Crippen molar-refractivity contribution in [1.29, 1.82) is 0 Å². The number of amides is 1. The highest BCUT2D eigenvalue weighted by Gasteiger charge is 2.44. The minimum Gasteiger partial charge on any atom is -0.496 e. The molecule has 1 N–H and O–H groups in total. The molecule has 1 saturated heterocycles. The largest absolute Gasteiger partial charge is 0.496 e. The predicted octanol–water partition coefficient (Wildman–Crippen LogP) is 5.99. The van der Waals surface area contributed by atoms with E-state index in [9.17, 15) is 9.18 Å². The van der Waals surface area contributed by atoms with Crippen molar-refractivity contribution in [3.63, 3.8) is 0 Å². The number of hydrogen-bond donors (Lipinski definition) is 1. The van der Waals surface area contributed by atoms with Gasteiger partial charge in [-0.3, -0.25) is 9.69 Å². The molecule has 6 heteroatoms. The van der Waals surface area contributed by atoms with E-state index in [1.165, 1.54) is 12.1 Å². The van der Waals surface area contributed by atoms with E-state index >= 15 is 0 Å². The summed E-state index contributed by atoms with van der Waals surface area (Å²) < 4.78 is 25.3. The average Bonchev–Trinajstić information content (AvgIpc) is 3.48. The summed E-state index contributed by atoms with van der Waals surface area (Å²) in [6, 6.07) is 19.0. The number of methoxy groups -OCH3 is 1. The van der Waals surface area contributed by atoms with Crippen molar-refractivity contribution >= 4 is 5.91 Å². The van der Waals surface area contributed by atoms with E-state index in [2.05, 4.69) is 22.3 Å². The van der Waals surface area contributed by atoms with Crippen LogP contribution in [0.25, 0.3) is 11.1 Å². The van der Waals surface area contributed by atoms with E-state index in [1.54, 1.807) is 19.2 Å². The molecule has 1 saturated carbocycles. The molecule has 1 unspecified atom stereocenters. The van der Waals surface area contributed by atoms with Crippen LogP contribution in [-0.4, -0.2) is 43.2 Å². The van der Waals surface area contributed by atoms with Crippen molar-refractivity contribution in [1.82, 2.24) is 10.2 Å². The lowest BCUT2D eigenvalue weighted by Crippen LogP contribution is -2.39. The molecule has 3 atom stereocenters. The first kappa shape index (κ1) is 25.3. The van der Waals surface area contributed by atoms with Gasteiger partial charge in [0.15, 0.2) is 0 Å². The number of halogens is 1. The number of rotatable bonds is 8. The minimum absolute atomic E-state index is 0.0234. The summed E-state index contributed by atoms with van der Waals surface area (Å²) in [6.45, 7) is 6.29. The van der Waals surface area contributed by atoms with Crippen LogP contribution < -0.4 is 14.8 Å². The number of carbonyl (C=O) groups is 1. The topological polar surface area (TPSA) is 50.8 Å². The quantitative estimate of drug-likeness (QED) is 0.411. The molecular formula is C31H35FN2O3. The first-order valence-electron chi connectivity index (χ1n) is 13.2. The van der Waals surface area contributed by atoms with Gasteiger partial charge in [-0.1, -0.05) is 29.8 Å². The highest BCUT2D eigenvalue weighted by Crippen LogP contribution is 2.42. The van der Waals surface area contributed by atoms with Gasteiger partial charge in [-0.15, -0.1) is 0 Å². The molecule has 3 aromatic rings. The zero-order valence-corrected chi connectivity index (χ0v) is 21.8. The lowest BCUT2D eigenvalue weighted by Gasteiger charge is -2.25. The Balaban J connectivity index is 1.32. The van der Waals surface area contributed by atoms with Crippen LogP contribution >= 0.6 is 0 Å². The molecular weight excluding hydrogens is 467 g/mol. The molecule has 1 heterocycles. The fraction of sp³-hybridized carbons (Fsp3) is 0.387. The third kappa shape index (κ3) is 5.35. The van der Waals surface area contributed by atoms with Crippen molar-refractivity contribution < 1.29 is 18.7 Å². The van der Waals surface area contributed by atoms with E-state index in [-0.39, 0.29) is 17.8 Å². The second-order valence-corrected chi connectivity index (χ2v) is 10.1. The lowest BCUT2D eigenvalue weighted by atomic mass is 9.99. The van der Waals surface area contributed by atoms with E-state index in [0.717, 1.165) is 71.7 Å². The molecule has 0 radical (unpaired) electrons. The number of nitrogens with one attached hydrogen (secondary N) is 1. The summed E-state index contributed by atoms with van der Waals surface area (Å²) in [4.78, 5) is 15.4. The zero-order chi connectivity index (χ0) is 25.9. The number of hydrogen-bond acceptors (Lipinski definition) is 4. The van der Waals surface area contributed by atoms with Crippen molar-refractivity contribution in [2.24, 2.45) is 5.92 Å². The molecule has 1 aliphatic heterocycles. The molecule has 0 spiro atoms. The Morgan fingerprint density at radius 1 is 1.05 bits per heavy atom. The van der Waals surface area contributed by atoms with Gasteiger partial charge < -0.3 is 14.8 Å². The standard InChI is InChI=1S/C31H35FN2O3/c1-4-37-29-18-21(17-28(36-3)30(29)22-8-10-24(32)11-9-22)19-34-15-14-25-26(12-13-27(25)34)33-31(35)23-7-5-6-20(2)16-23/h5-11,16-18,25-27H,4,12-15,19H2,1-3H3,(H,33,35)/t25-,26?,27+/m0/s1. The monoisotopic (exact) mass is 502 g/mol. The number of fused-ring (bicyclic) bond motifs is 1. The molecule has 1 aliphatic carbocycles. The SMILES string of the molecule is CCOc1cc(CN2CC[C@H]3C(NC(=O)c4cccc(C)c4)CC[C@H]32)cc(OC)c1-c1ccc(F)cc1. The maximum atomic E-state index is 13.5. The Kier molecular flexibility index (Phi) is 7.47. The lowest BCUT2D eigenvalue weighted by molar-refractivity contribution is 0.0926. The molecule has 5 rings (SSSR count). The summed E-state index contributed by atoms with van der Waals surface area (Å²) in [5.41, 5.74) is 4.65. The van der Waals surface area contributed by atoms with E-state index in [4.69, 9.17) is 9.47 Å². The molecule has 194 valence electrons. The summed E-state index contributed by atoms with van der Waals surface area (Å²) in [7, 11) is 1.66. The van der Waals surface area contributed by atoms with Crippen LogP contribution in [0.5, 0.6) is 11.5 Å². The van der Waals surface area contributed by atoms with Crippen molar-refractivity contribution in [3.8, 4) is 22.6 Å². The number of aryl methyl sites for hydroxylation is 1. The first-order valence-corrected chi connectivity index (χ1v) is 13.2. The normalized spacial score (nSPS) is 21.0. The van der Waals surface area contributed by atoms with Crippen LogP contribution in [0.1, 0.15) is 47.7 Å². The van der Waals surface area contributed by atoms with Crippen LogP contribution in [0.4, 0.5) is 4.39 Å². The maximum Gasteiger partial charge on any atom is 0.251 e. The van der Waals surface area contributed by atoms with Crippen LogP contribution in [0, 0.1) is 18.7 Å². The van der Waals surface area contributed by atoms with Crippen molar-refractivity contribution in [3.05, 3.63) is 83.2 Å². The van der Waals surface area contributed by atoms with E-state index in [0.29, 0.717) is 18.6 Å². The van der Waals surface area contributed by atoms with Gasteiger partial charge >= 0.3 is 0 Å². The van der Waals surface area contributed by atoms with Crippen molar-refractivity contribution in [2.75, 3.05) is 20.3 Å². The summed E-state index contributed by atoms with van der Waals surface area (Å²) >= 11 is 0. The number of likely N-dealkylation sites (tertiary alicyclic amines) is 1. The zero-order valence-electron chi connectivity index (χ0n) is 21.8. The van der Waals surface area contributed by atoms with Gasteiger partial charge in [-0.2, -0.15) is 0 Å². The Morgan fingerprint density at radius 2 is 1.84 bits per heavy atom. The van der Waals surface area contributed by atoms with Gasteiger partial charge in [-0.25, -0.2) is 4.39 Å². The Hall–Kier alpha value is -3.38. The van der Waals surface area contributed by atoms with Gasteiger partial charge in [-0.05, 0) is 93.1 Å². The molecule has 3 aromatic carbocycles. The van der Waals surface area contributed by atoms with Gasteiger partial charge in [0, 0.05) is 24.2 Å². The van der Waals surface area contributed by atoms with E-state index < -0.39 is 0 Å². The summed E-state index contributed by atoms with van der Waals surface area (Å²) in [5.74, 6) is 1.67. The van der Waals surface area contributed by atoms with Gasteiger partial charge in [0.05, 0.1) is 19.3 Å².